The Hall–Kier alpha value is -2.59. The zero-order chi connectivity index (χ0) is 17.6. The van der Waals surface area contributed by atoms with Crippen molar-refractivity contribution in [3.63, 3.8) is 0 Å². The Morgan fingerprint density at radius 1 is 1.12 bits per heavy atom. The summed E-state index contributed by atoms with van der Waals surface area (Å²) in [6.07, 6.45) is 6.16. The number of halogens is 1. The van der Waals surface area contributed by atoms with E-state index in [1.54, 1.807) is 24.3 Å². The van der Waals surface area contributed by atoms with Crippen LogP contribution in [-0.4, -0.2) is 18.5 Å². The Morgan fingerprint density at radius 3 is 2.80 bits per heavy atom. The maximum absolute atomic E-state index is 11.9. The van der Waals surface area contributed by atoms with Crippen molar-refractivity contribution in [2.24, 2.45) is 0 Å². The minimum absolute atomic E-state index is 0.324. The molecule has 0 heterocycles. The fourth-order valence-electron chi connectivity index (χ4n) is 2.81. The van der Waals surface area contributed by atoms with Gasteiger partial charge in [0.2, 0.25) is 0 Å². The number of hydrogen-bond donors (Lipinski definition) is 1. The van der Waals surface area contributed by atoms with Gasteiger partial charge in [-0.1, -0.05) is 29.8 Å². The van der Waals surface area contributed by atoms with Crippen LogP contribution in [0.1, 0.15) is 23.1 Å². The first kappa shape index (κ1) is 17.2. The quantitative estimate of drug-likeness (QED) is 0.651. The molecule has 0 aliphatic heterocycles. The third-order valence-corrected chi connectivity index (χ3v) is 4.22. The number of carbonyl (C=O) groups excluding carboxylic acids is 2. The molecular weight excluding hydrogens is 338 g/mol. The van der Waals surface area contributed by atoms with Crippen LogP contribution < -0.4 is 5.32 Å². The van der Waals surface area contributed by atoms with Gasteiger partial charge >= 0.3 is 5.97 Å². The van der Waals surface area contributed by atoms with Crippen molar-refractivity contribution in [2.45, 2.75) is 19.3 Å². The van der Waals surface area contributed by atoms with E-state index < -0.39 is 5.97 Å². The maximum Gasteiger partial charge on any atom is 0.331 e. The average molecular weight is 356 g/mol. The number of fused-ring (bicyclic) bond motifs is 1. The van der Waals surface area contributed by atoms with Crippen LogP contribution in [-0.2, 0) is 27.2 Å². The van der Waals surface area contributed by atoms with Gasteiger partial charge in [-0.3, -0.25) is 4.79 Å². The van der Waals surface area contributed by atoms with Gasteiger partial charge in [0.05, 0.1) is 0 Å². The van der Waals surface area contributed by atoms with Crippen LogP contribution in [0.4, 0.5) is 5.69 Å². The van der Waals surface area contributed by atoms with E-state index in [9.17, 15) is 9.59 Å². The Balaban J connectivity index is 1.48. The van der Waals surface area contributed by atoms with Crippen LogP contribution in [0.5, 0.6) is 0 Å². The van der Waals surface area contributed by atoms with Crippen molar-refractivity contribution in [2.75, 3.05) is 11.9 Å². The van der Waals surface area contributed by atoms with Gasteiger partial charge in [-0.25, -0.2) is 4.79 Å². The second-order valence-corrected chi connectivity index (χ2v) is 6.32. The van der Waals surface area contributed by atoms with Crippen LogP contribution in [0.15, 0.2) is 48.5 Å². The monoisotopic (exact) mass is 355 g/mol. The maximum atomic E-state index is 11.9. The molecule has 0 saturated carbocycles. The fraction of sp³-hybridized carbons (Fsp3) is 0.200. The summed E-state index contributed by atoms with van der Waals surface area (Å²) in [5.74, 6) is -0.938. The zero-order valence-corrected chi connectivity index (χ0v) is 14.4. The van der Waals surface area contributed by atoms with E-state index >= 15 is 0 Å². The molecule has 1 amide bonds. The second-order valence-electron chi connectivity index (χ2n) is 5.88. The normalized spacial score (nSPS) is 12.8. The standard InChI is InChI=1S/C20H18ClNO3/c21-17-6-1-3-14(11-17)7-10-20(24)25-13-19(23)22-18-9-8-15-4-2-5-16(15)12-18/h1,3,6-12H,2,4-5,13H2,(H,22,23)/b10-7+. The minimum Gasteiger partial charge on any atom is -0.452 e. The molecule has 0 spiro atoms. The Labute approximate surface area is 151 Å². The highest BCUT2D eigenvalue weighted by Crippen LogP contribution is 2.24. The number of rotatable bonds is 5. The Bertz CT molecular complexity index is 829. The van der Waals surface area contributed by atoms with Gasteiger partial charge in [-0.05, 0) is 66.3 Å². The van der Waals surface area contributed by atoms with E-state index in [0.717, 1.165) is 30.5 Å². The highest BCUT2D eigenvalue weighted by molar-refractivity contribution is 6.30. The number of carbonyl (C=O) groups is 2. The van der Waals surface area contributed by atoms with Crippen molar-refractivity contribution in [1.29, 1.82) is 0 Å². The molecule has 1 N–H and O–H groups in total. The summed E-state index contributed by atoms with van der Waals surface area (Å²) in [6.45, 7) is -0.324. The van der Waals surface area contributed by atoms with Crippen LogP contribution in [0.2, 0.25) is 5.02 Å². The fourth-order valence-corrected chi connectivity index (χ4v) is 3.00. The van der Waals surface area contributed by atoms with Crippen LogP contribution >= 0.6 is 11.6 Å². The first-order chi connectivity index (χ1) is 12.1. The molecule has 0 unspecified atom stereocenters. The molecule has 0 saturated heterocycles. The lowest BCUT2D eigenvalue weighted by Crippen LogP contribution is -2.20. The van der Waals surface area contributed by atoms with Crippen molar-refractivity contribution >= 4 is 35.2 Å². The summed E-state index contributed by atoms with van der Waals surface area (Å²) in [5.41, 5.74) is 4.14. The largest absolute Gasteiger partial charge is 0.452 e. The minimum atomic E-state index is -0.580. The molecule has 128 valence electrons. The Kier molecular flexibility index (Phi) is 5.51. The van der Waals surface area contributed by atoms with Gasteiger partial charge in [0.15, 0.2) is 6.61 Å². The Morgan fingerprint density at radius 2 is 1.96 bits per heavy atom. The van der Waals surface area contributed by atoms with Crippen molar-refractivity contribution < 1.29 is 14.3 Å². The molecule has 3 rings (SSSR count). The summed E-state index contributed by atoms with van der Waals surface area (Å²) >= 11 is 5.87. The summed E-state index contributed by atoms with van der Waals surface area (Å²) in [6, 6.07) is 13.0. The van der Waals surface area contributed by atoms with E-state index in [-0.39, 0.29) is 12.5 Å². The summed E-state index contributed by atoms with van der Waals surface area (Å²) in [5, 5.41) is 3.34. The van der Waals surface area contributed by atoms with E-state index in [0.29, 0.717) is 5.02 Å². The van der Waals surface area contributed by atoms with Gasteiger partial charge in [0, 0.05) is 16.8 Å². The van der Waals surface area contributed by atoms with Gasteiger partial charge in [-0.15, -0.1) is 0 Å². The number of nitrogens with one attached hydrogen (secondary N) is 1. The lowest BCUT2D eigenvalue weighted by molar-refractivity contribution is -0.142. The number of esters is 1. The predicted molar refractivity (Wildman–Crippen MR) is 98.5 cm³/mol. The molecule has 1 aliphatic carbocycles. The van der Waals surface area contributed by atoms with Gasteiger partial charge in [-0.2, -0.15) is 0 Å². The molecule has 0 atom stereocenters. The van der Waals surface area contributed by atoms with Crippen molar-refractivity contribution in [1.82, 2.24) is 0 Å². The molecule has 2 aromatic carbocycles. The van der Waals surface area contributed by atoms with Crippen molar-refractivity contribution in [3.8, 4) is 0 Å². The van der Waals surface area contributed by atoms with Gasteiger partial charge < -0.3 is 10.1 Å². The summed E-state index contributed by atoms with van der Waals surface area (Å²) in [4.78, 5) is 23.6. The number of hydrogen-bond acceptors (Lipinski definition) is 3. The molecule has 4 nitrogen and oxygen atoms in total. The smallest absolute Gasteiger partial charge is 0.331 e. The lowest BCUT2D eigenvalue weighted by Gasteiger charge is -2.07. The van der Waals surface area contributed by atoms with E-state index in [4.69, 9.17) is 16.3 Å². The van der Waals surface area contributed by atoms with Gasteiger partial charge in [0.25, 0.3) is 5.91 Å². The summed E-state index contributed by atoms with van der Waals surface area (Å²) < 4.78 is 4.95. The highest BCUT2D eigenvalue weighted by Gasteiger charge is 2.12. The molecule has 1 aliphatic rings. The molecule has 0 fully saturated rings. The topological polar surface area (TPSA) is 55.4 Å². The highest BCUT2D eigenvalue weighted by atomic mass is 35.5. The molecule has 0 aromatic heterocycles. The number of amides is 1. The summed E-state index contributed by atoms with van der Waals surface area (Å²) in [7, 11) is 0. The molecular formula is C20H18ClNO3. The predicted octanol–water partition coefficient (Wildman–Crippen LogP) is 4.02. The molecule has 0 radical (unpaired) electrons. The number of anilines is 1. The molecule has 0 bridgehead atoms. The first-order valence-electron chi connectivity index (χ1n) is 8.12. The molecule has 2 aromatic rings. The van der Waals surface area contributed by atoms with E-state index in [2.05, 4.69) is 5.32 Å². The third kappa shape index (κ3) is 4.94. The molecule has 5 heteroatoms. The lowest BCUT2D eigenvalue weighted by atomic mass is 10.1. The SMILES string of the molecule is O=C(COC(=O)/C=C/c1cccc(Cl)c1)Nc1ccc2c(c1)CCC2. The van der Waals surface area contributed by atoms with E-state index in [1.807, 2.05) is 24.3 Å². The average Bonchev–Trinajstić information content (AvgIpc) is 3.06. The van der Waals surface area contributed by atoms with Crippen LogP contribution in [0.3, 0.4) is 0 Å². The first-order valence-corrected chi connectivity index (χ1v) is 8.50. The number of ether oxygens (including phenoxy) is 1. The van der Waals surface area contributed by atoms with Gasteiger partial charge in [0.1, 0.15) is 0 Å². The number of aryl methyl sites for hydroxylation is 2. The molecule has 25 heavy (non-hydrogen) atoms. The number of benzene rings is 2. The van der Waals surface area contributed by atoms with Crippen molar-refractivity contribution in [3.05, 3.63) is 70.3 Å². The zero-order valence-electron chi connectivity index (χ0n) is 13.6. The van der Waals surface area contributed by atoms with E-state index in [1.165, 1.54) is 17.2 Å². The van der Waals surface area contributed by atoms with Crippen LogP contribution in [0.25, 0.3) is 6.08 Å². The second kappa shape index (κ2) is 7.99. The van der Waals surface area contributed by atoms with Crippen LogP contribution in [0, 0.1) is 0 Å². The third-order valence-electron chi connectivity index (χ3n) is 3.99.